The third kappa shape index (κ3) is 2.88. The first-order valence-electron chi connectivity index (χ1n) is 7.63. The van der Waals surface area contributed by atoms with Crippen LogP contribution in [0.15, 0.2) is 57.7 Å². The molecule has 4 rings (SSSR count). The Morgan fingerprint density at radius 3 is 2.79 bits per heavy atom. The van der Waals surface area contributed by atoms with Gasteiger partial charge in [-0.1, -0.05) is 23.4 Å². The lowest BCUT2D eigenvalue weighted by Gasteiger charge is -2.36. The van der Waals surface area contributed by atoms with Crippen molar-refractivity contribution in [3.05, 3.63) is 54.6 Å². The fourth-order valence-electron chi connectivity index (χ4n) is 2.50. The summed E-state index contributed by atoms with van der Waals surface area (Å²) in [5.74, 6) is 2.20. The molecule has 1 fully saturated rings. The average molecular weight is 325 g/mol. The van der Waals surface area contributed by atoms with Crippen LogP contribution in [-0.4, -0.2) is 40.6 Å². The molecule has 1 aliphatic rings. The van der Waals surface area contributed by atoms with Crippen LogP contribution in [0.3, 0.4) is 0 Å². The van der Waals surface area contributed by atoms with Crippen LogP contribution >= 0.6 is 0 Å². The summed E-state index contributed by atoms with van der Waals surface area (Å²) in [6.07, 6.45) is 1.56. The highest BCUT2D eigenvalue weighted by Crippen LogP contribution is 2.27. The highest BCUT2D eigenvalue weighted by atomic mass is 16.5. The maximum absolute atomic E-state index is 12.1. The van der Waals surface area contributed by atoms with E-state index in [1.807, 2.05) is 30.3 Å². The van der Waals surface area contributed by atoms with Crippen molar-refractivity contribution in [1.29, 1.82) is 0 Å². The molecule has 0 radical (unpaired) electrons. The monoisotopic (exact) mass is 325 g/mol. The number of likely N-dealkylation sites (tertiary alicyclic amines) is 1. The molecule has 1 amide bonds. The quantitative estimate of drug-likeness (QED) is 0.716. The van der Waals surface area contributed by atoms with Gasteiger partial charge >= 0.3 is 0 Å². The predicted octanol–water partition coefficient (Wildman–Crippen LogP) is 2.33. The Bertz CT molecular complexity index is 808. The van der Waals surface area contributed by atoms with Gasteiger partial charge in [-0.2, -0.15) is 4.98 Å². The van der Waals surface area contributed by atoms with Crippen LogP contribution in [0.25, 0.3) is 11.6 Å². The third-order valence-electron chi connectivity index (χ3n) is 3.87. The molecule has 0 saturated carbocycles. The standard InChI is InChI=1S/C17H15N3O4/c21-15(11-23-13-5-2-1-3-6-13)20-9-12(10-20)17-18-16(19-24-17)14-7-4-8-22-14/h1-8,12H,9-11H2. The zero-order valence-electron chi connectivity index (χ0n) is 12.8. The molecule has 0 N–H and O–H groups in total. The normalized spacial score (nSPS) is 14.4. The van der Waals surface area contributed by atoms with Gasteiger partial charge in [0.15, 0.2) is 12.4 Å². The number of amides is 1. The number of nitrogens with zero attached hydrogens (tertiary/aromatic N) is 3. The molecule has 0 spiro atoms. The van der Waals surface area contributed by atoms with Gasteiger partial charge < -0.3 is 18.6 Å². The van der Waals surface area contributed by atoms with E-state index in [-0.39, 0.29) is 18.4 Å². The van der Waals surface area contributed by atoms with E-state index in [0.717, 1.165) is 0 Å². The number of aromatic nitrogens is 2. The largest absolute Gasteiger partial charge is 0.484 e. The number of ether oxygens (including phenoxy) is 1. The Morgan fingerprint density at radius 1 is 1.21 bits per heavy atom. The Labute approximate surface area is 137 Å². The van der Waals surface area contributed by atoms with E-state index in [9.17, 15) is 4.79 Å². The van der Waals surface area contributed by atoms with Gasteiger partial charge in [0, 0.05) is 13.1 Å². The number of carbonyl (C=O) groups is 1. The number of hydrogen-bond donors (Lipinski definition) is 0. The van der Waals surface area contributed by atoms with Crippen LogP contribution < -0.4 is 4.74 Å². The van der Waals surface area contributed by atoms with Gasteiger partial charge in [0.25, 0.3) is 5.91 Å². The van der Waals surface area contributed by atoms with Gasteiger partial charge in [-0.3, -0.25) is 4.79 Å². The van der Waals surface area contributed by atoms with Crippen LogP contribution in [0.2, 0.25) is 0 Å². The zero-order valence-corrected chi connectivity index (χ0v) is 12.8. The van der Waals surface area contributed by atoms with Crippen LogP contribution in [0.5, 0.6) is 5.75 Å². The summed E-state index contributed by atoms with van der Waals surface area (Å²) in [5.41, 5.74) is 0. The van der Waals surface area contributed by atoms with Crippen molar-refractivity contribution in [3.8, 4) is 17.3 Å². The Morgan fingerprint density at radius 2 is 2.04 bits per heavy atom. The first-order valence-corrected chi connectivity index (χ1v) is 7.63. The van der Waals surface area contributed by atoms with Crippen molar-refractivity contribution in [2.75, 3.05) is 19.7 Å². The van der Waals surface area contributed by atoms with E-state index in [2.05, 4.69) is 10.1 Å². The number of carbonyl (C=O) groups excluding carboxylic acids is 1. The van der Waals surface area contributed by atoms with E-state index >= 15 is 0 Å². The summed E-state index contributed by atoms with van der Waals surface area (Å²) in [5, 5.41) is 3.90. The number of para-hydroxylation sites is 1. The summed E-state index contributed by atoms with van der Waals surface area (Å²) < 4.78 is 16.0. The lowest BCUT2D eigenvalue weighted by atomic mass is 10.0. The molecule has 7 nitrogen and oxygen atoms in total. The van der Waals surface area contributed by atoms with Crippen molar-refractivity contribution >= 4 is 5.91 Å². The van der Waals surface area contributed by atoms with Crippen LogP contribution in [0.1, 0.15) is 11.8 Å². The fraction of sp³-hybridized carbons (Fsp3) is 0.235. The highest BCUT2D eigenvalue weighted by molar-refractivity contribution is 5.78. The van der Waals surface area contributed by atoms with Crippen molar-refractivity contribution in [3.63, 3.8) is 0 Å². The van der Waals surface area contributed by atoms with E-state index < -0.39 is 0 Å². The molecule has 1 aliphatic heterocycles. The minimum atomic E-state index is -0.0547. The van der Waals surface area contributed by atoms with Gasteiger partial charge in [0.2, 0.25) is 11.7 Å². The molecule has 1 aromatic carbocycles. The fourth-order valence-corrected chi connectivity index (χ4v) is 2.50. The number of hydrogen-bond acceptors (Lipinski definition) is 6. The zero-order chi connectivity index (χ0) is 16.4. The third-order valence-corrected chi connectivity index (χ3v) is 3.87. The summed E-state index contributed by atoms with van der Waals surface area (Å²) >= 11 is 0. The molecule has 2 aromatic heterocycles. The van der Waals surface area contributed by atoms with Gasteiger partial charge in [-0.15, -0.1) is 0 Å². The molecule has 1 saturated heterocycles. The molecule has 24 heavy (non-hydrogen) atoms. The van der Waals surface area contributed by atoms with Gasteiger partial charge in [0.1, 0.15) is 5.75 Å². The molecule has 0 unspecified atom stereocenters. The van der Waals surface area contributed by atoms with Crippen LogP contribution in [0, 0.1) is 0 Å². The van der Waals surface area contributed by atoms with E-state index in [1.54, 1.807) is 23.3 Å². The van der Waals surface area contributed by atoms with Gasteiger partial charge in [0.05, 0.1) is 12.2 Å². The van der Waals surface area contributed by atoms with Crippen molar-refractivity contribution in [1.82, 2.24) is 15.0 Å². The Hall–Kier alpha value is -3.09. The smallest absolute Gasteiger partial charge is 0.260 e. The molecule has 7 heteroatoms. The maximum Gasteiger partial charge on any atom is 0.260 e. The van der Waals surface area contributed by atoms with Crippen LogP contribution in [0.4, 0.5) is 0 Å². The van der Waals surface area contributed by atoms with E-state index in [4.69, 9.17) is 13.7 Å². The lowest BCUT2D eigenvalue weighted by molar-refractivity contribution is -0.138. The van der Waals surface area contributed by atoms with Crippen molar-refractivity contribution in [2.24, 2.45) is 0 Å². The molecule has 3 aromatic rings. The summed E-state index contributed by atoms with van der Waals surface area (Å²) in [6, 6.07) is 12.8. The van der Waals surface area contributed by atoms with Gasteiger partial charge in [-0.05, 0) is 24.3 Å². The van der Waals surface area contributed by atoms with Crippen molar-refractivity contribution < 1.29 is 18.5 Å². The summed E-state index contributed by atoms with van der Waals surface area (Å²) in [7, 11) is 0. The summed E-state index contributed by atoms with van der Waals surface area (Å²) in [6.45, 7) is 1.13. The van der Waals surface area contributed by atoms with Crippen molar-refractivity contribution in [2.45, 2.75) is 5.92 Å². The molecule has 3 heterocycles. The van der Waals surface area contributed by atoms with Gasteiger partial charge in [-0.25, -0.2) is 0 Å². The SMILES string of the molecule is O=C(COc1ccccc1)N1CC(c2nc(-c3ccco3)no2)C1. The molecular formula is C17H15N3O4. The van der Waals surface area contributed by atoms with Crippen LogP contribution in [-0.2, 0) is 4.79 Å². The summed E-state index contributed by atoms with van der Waals surface area (Å²) in [4.78, 5) is 18.1. The number of furan rings is 1. The molecule has 0 aliphatic carbocycles. The lowest BCUT2D eigenvalue weighted by Crippen LogP contribution is -2.50. The predicted molar refractivity (Wildman–Crippen MR) is 83.3 cm³/mol. The molecule has 0 atom stereocenters. The second-order valence-corrected chi connectivity index (χ2v) is 5.53. The van der Waals surface area contributed by atoms with E-state index in [0.29, 0.717) is 36.3 Å². The average Bonchev–Trinajstić information content (AvgIpc) is 3.24. The minimum absolute atomic E-state index is 0.0260. The second-order valence-electron chi connectivity index (χ2n) is 5.53. The maximum atomic E-state index is 12.1. The minimum Gasteiger partial charge on any atom is -0.484 e. The van der Waals surface area contributed by atoms with E-state index in [1.165, 1.54) is 0 Å². The highest BCUT2D eigenvalue weighted by Gasteiger charge is 2.35. The Kier molecular flexibility index (Phi) is 3.74. The second kappa shape index (κ2) is 6.19. The Balaban J connectivity index is 1.29. The number of benzene rings is 1. The topological polar surface area (TPSA) is 81.6 Å². The first kappa shape index (κ1) is 14.5. The molecular weight excluding hydrogens is 310 g/mol. The molecule has 0 bridgehead atoms. The number of rotatable bonds is 5. The first-order chi connectivity index (χ1) is 11.8. The molecule has 122 valence electrons.